The van der Waals surface area contributed by atoms with Crippen LogP contribution in [0.25, 0.3) is 112 Å². The molecule has 0 spiro atoms. The molecule has 2 aliphatic carbocycles. The van der Waals surface area contributed by atoms with Crippen LogP contribution in [0.2, 0.25) is 0 Å². The van der Waals surface area contributed by atoms with Crippen LogP contribution in [0.3, 0.4) is 0 Å². The first kappa shape index (κ1) is 39.1. The molecular formula is C62H44N4O. The fraction of sp³-hybridized carbons (Fsp3) is 0.0968. The predicted molar refractivity (Wildman–Crippen MR) is 273 cm³/mol. The molecule has 0 amide bonds. The second kappa shape index (κ2) is 14.6. The van der Waals surface area contributed by atoms with Crippen LogP contribution < -0.4 is 0 Å². The van der Waals surface area contributed by atoms with E-state index in [1.165, 1.54) is 44.5 Å². The smallest absolute Gasteiger partial charge is 0.160 e. The molecule has 5 nitrogen and oxygen atoms in total. The summed E-state index contributed by atoms with van der Waals surface area (Å²) >= 11 is 0. The molecule has 0 unspecified atom stereocenters. The number of rotatable bonds is 6. The Bertz CT molecular complexity index is 3660. The van der Waals surface area contributed by atoms with Crippen LogP contribution >= 0.6 is 0 Å². The van der Waals surface area contributed by atoms with Gasteiger partial charge < -0.3 is 4.42 Å². The van der Waals surface area contributed by atoms with Crippen molar-refractivity contribution in [1.29, 1.82) is 0 Å². The summed E-state index contributed by atoms with van der Waals surface area (Å²) in [5, 5.41) is 2.29. The van der Waals surface area contributed by atoms with Crippen molar-refractivity contribution in [3.8, 4) is 90.1 Å². The largest absolute Gasteiger partial charge is 0.455 e. The molecule has 0 saturated carbocycles. The molecule has 3 heterocycles. The fourth-order valence-corrected chi connectivity index (χ4v) is 11.0. The zero-order valence-corrected chi connectivity index (χ0v) is 37.7. The van der Waals surface area contributed by atoms with Gasteiger partial charge in [0.1, 0.15) is 11.2 Å². The van der Waals surface area contributed by atoms with E-state index in [1.54, 1.807) is 0 Å². The van der Waals surface area contributed by atoms with Crippen molar-refractivity contribution < 1.29 is 4.42 Å². The molecule has 0 bridgehead atoms. The van der Waals surface area contributed by atoms with E-state index in [4.69, 9.17) is 24.4 Å². The number of hydrogen-bond donors (Lipinski definition) is 0. The van der Waals surface area contributed by atoms with Gasteiger partial charge in [0, 0.05) is 60.5 Å². The van der Waals surface area contributed by atoms with Crippen LogP contribution in [0.5, 0.6) is 0 Å². The Hall–Kier alpha value is -8.28. The van der Waals surface area contributed by atoms with E-state index in [9.17, 15) is 0 Å². The summed E-state index contributed by atoms with van der Waals surface area (Å²) in [6.45, 7) is 9.55. The first-order chi connectivity index (χ1) is 32.7. The minimum absolute atomic E-state index is 0.392. The van der Waals surface area contributed by atoms with Crippen molar-refractivity contribution in [2.24, 2.45) is 0 Å². The lowest BCUT2D eigenvalue weighted by atomic mass is 9.72. The Kier molecular flexibility index (Phi) is 8.53. The van der Waals surface area contributed by atoms with Gasteiger partial charge in [0.15, 0.2) is 11.6 Å². The lowest BCUT2D eigenvalue weighted by Gasteiger charge is -2.31. The molecule has 67 heavy (non-hydrogen) atoms. The van der Waals surface area contributed by atoms with Crippen LogP contribution in [0.15, 0.2) is 199 Å². The Morgan fingerprint density at radius 2 is 0.731 bits per heavy atom. The Morgan fingerprint density at radius 1 is 0.358 bits per heavy atom. The third-order valence-corrected chi connectivity index (χ3v) is 14.2. The van der Waals surface area contributed by atoms with Gasteiger partial charge in [0.05, 0.1) is 22.8 Å². The molecule has 3 aromatic heterocycles. The Labute approximate surface area is 389 Å². The lowest BCUT2D eigenvalue weighted by molar-refractivity contribution is 0.600. The van der Waals surface area contributed by atoms with Crippen molar-refractivity contribution in [2.75, 3.05) is 0 Å². The average Bonchev–Trinajstić information content (AvgIpc) is 3.96. The zero-order chi connectivity index (χ0) is 45.0. The minimum atomic E-state index is -0.406. The van der Waals surface area contributed by atoms with E-state index in [0.29, 0.717) is 11.6 Å². The maximum Gasteiger partial charge on any atom is 0.160 e. The molecular weight excluding hydrogens is 817 g/mol. The number of para-hydroxylation sites is 1. The number of benzene rings is 8. The van der Waals surface area contributed by atoms with Crippen LogP contribution in [-0.2, 0) is 10.8 Å². The van der Waals surface area contributed by atoms with Gasteiger partial charge in [0.25, 0.3) is 0 Å². The number of hydrogen-bond acceptors (Lipinski definition) is 5. The summed E-state index contributed by atoms with van der Waals surface area (Å²) in [6, 6.07) is 68.0. The summed E-state index contributed by atoms with van der Waals surface area (Å²) in [4.78, 5) is 21.0. The maximum absolute atomic E-state index is 7.06. The van der Waals surface area contributed by atoms with Crippen molar-refractivity contribution >= 4 is 21.9 Å². The quantitative estimate of drug-likeness (QED) is 0.167. The number of furan rings is 1. The molecule has 318 valence electrons. The van der Waals surface area contributed by atoms with Crippen LogP contribution in [-0.4, -0.2) is 19.9 Å². The summed E-state index contributed by atoms with van der Waals surface area (Å²) < 4.78 is 7.06. The van der Waals surface area contributed by atoms with Gasteiger partial charge in [-0.3, -0.25) is 0 Å². The Balaban J connectivity index is 1.01. The van der Waals surface area contributed by atoms with E-state index >= 15 is 0 Å². The van der Waals surface area contributed by atoms with E-state index in [-0.39, 0.29) is 0 Å². The monoisotopic (exact) mass is 860 g/mol. The summed E-state index contributed by atoms with van der Waals surface area (Å²) in [5.41, 5.74) is 20.7. The van der Waals surface area contributed by atoms with Gasteiger partial charge in [-0.05, 0) is 69.3 Å². The molecule has 2 aliphatic rings. The van der Waals surface area contributed by atoms with Crippen molar-refractivity contribution in [2.45, 2.75) is 38.5 Å². The highest BCUT2D eigenvalue weighted by Crippen LogP contribution is 2.63. The fourth-order valence-electron chi connectivity index (χ4n) is 11.0. The highest BCUT2D eigenvalue weighted by molar-refractivity contribution is 6.21. The number of fused-ring (bicyclic) bond motifs is 12. The zero-order valence-electron chi connectivity index (χ0n) is 37.7. The molecule has 11 aromatic rings. The summed E-state index contributed by atoms with van der Waals surface area (Å²) in [6.07, 6.45) is 0. The number of nitrogens with zero attached hydrogens (tertiary/aromatic N) is 4. The molecule has 0 saturated heterocycles. The van der Waals surface area contributed by atoms with E-state index < -0.39 is 10.8 Å². The summed E-state index contributed by atoms with van der Waals surface area (Å²) in [7, 11) is 0. The van der Waals surface area contributed by atoms with Crippen LogP contribution in [0, 0.1) is 0 Å². The second-order valence-corrected chi connectivity index (χ2v) is 19.0. The van der Waals surface area contributed by atoms with E-state index in [0.717, 1.165) is 78.1 Å². The highest BCUT2D eigenvalue weighted by atomic mass is 16.3. The molecule has 0 radical (unpaired) electrons. The standard InChI is InChI=1S/C62H44N4O/c1-61(2)46-33-41(59-63-48(37-19-9-5-10-20-37)35-49(64-59)38-21-11-6-12-22-38)29-31-43(46)53-54-45-27-17-18-28-52(45)67-58(54)55-44-32-30-42(34-47(44)62(3,4)57(55)56(53)61)60-65-50(39-23-13-7-14-24-39)36-51(66-60)40-25-15-8-16-26-40/h5-36H,1-4H3. The Morgan fingerprint density at radius 3 is 1.16 bits per heavy atom. The van der Waals surface area contributed by atoms with Gasteiger partial charge in [-0.25, -0.2) is 19.9 Å². The normalized spacial score (nSPS) is 13.9. The first-order valence-corrected chi connectivity index (χ1v) is 23.0. The highest BCUT2D eigenvalue weighted by Gasteiger charge is 2.48. The molecule has 5 heteroatoms. The van der Waals surface area contributed by atoms with Crippen molar-refractivity contribution in [3.05, 3.63) is 216 Å². The molecule has 0 aliphatic heterocycles. The van der Waals surface area contributed by atoms with Crippen LogP contribution in [0.4, 0.5) is 0 Å². The third-order valence-electron chi connectivity index (χ3n) is 14.2. The van der Waals surface area contributed by atoms with Gasteiger partial charge in [-0.2, -0.15) is 0 Å². The molecule has 0 atom stereocenters. The van der Waals surface area contributed by atoms with E-state index in [1.807, 2.05) is 24.3 Å². The first-order valence-electron chi connectivity index (χ1n) is 23.0. The average molecular weight is 861 g/mol. The topological polar surface area (TPSA) is 64.7 Å². The minimum Gasteiger partial charge on any atom is -0.455 e. The van der Waals surface area contributed by atoms with Crippen molar-refractivity contribution in [3.63, 3.8) is 0 Å². The molecule has 13 rings (SSSR count). The third kappa shape index (κ3) is 6.01. The van der Waals surface area contributed by atoms with Crippen LogP contribution in [0.1, 0.15) is 49.9 Å². The predicted octanol–water partition coefficient (Wildman–Crippen LogP) is 15.8. The maximum atomic E-state index is 7.06. The number of aromatic nitrogens is 4. The van der Waals surface area contributed by atoms with Gasteiger partial charge >= 0.3 is 0 Å². The van der Waals surface area contributed by atoms with Gasteiger partial charge in [0.2, 0.25) is 0 Å². The lowest BCUT2D eigenvalue weighted by Crippen LogP contribution is -2.24. The van der Waals surface area contributed by atoms with E-state index in [2.05, 4.69) is 198 Å². The van der Waals surface area contributed by atoms with Gasteiger partial charge in [-0.1, -0.05) is 191 Å². The van der Waals surface area contributed by atoms with Gasteiger partial charge in [-0.15, -0.1) is 0 Å². The SMILES string of the molecule is CC1(C)c2cc(-c3nc(-c4ccccc4)cc(-c4ccccc4)n3)ccc2-c2c1c1c(c3c2oc2ccccc23)-c2ccc(-c3nc(-c4ccccc4)cc(-c4ccccc4)n3)cc2C1(C)C. The van der Waals surface area contributed by atoms with Crippen molar-refractivity contribution in [1.82, 2.24) is 19.9 Å². The molecule has 8 aromatic carbocycles. The second-order valence-electron chi connectivity index (χ2n) is 19.0. The summed E-state index contributed by atoms with van der Waals surface area (Å²) in [5.74, 6) is 1.40. The molecule has 0 fully saturated rings. The molecule has 0 N–H and O–H groups in total.